The lowest BCUT2D eigenvalue weighted by atomic mass is 9.93. The van der Waals surface area contributed by atoms with Gasteiger partial charge in [-0.2, -0.15) is 0 Å². The molecule has 2 amide bonds. The maximum absolute atomic E-state index is 13.7. The number of nitrogens with zero attached hydrogens (tertiary/aromatic N) is 2. The fraction of sp³-hybridized carbons (Fsp3) is 0.333. The number of ether oxygens (including phenoxy) is 1. The minimum Gasteiger partial charge on any atom is -0.385 e. The third kappa shape index (κ3) is 6.25. The van der Waals surface area contributed by atoms with Gasteiger partial charge in [0.25, 0.3) is 0 Å². The predicted octanol–water partition coefficient (Wildman–Crippen LogP) is 5.64. The average molecular weight is 532 g/mol. The molecule has 2 heterocycles. The van der Waals surface area contributed by atoms with E-state index in [-0.39, 0.29) is 30.8 Å². The topological polar surface area (TPSA) is 49.9 Å². The van der Waals surface area contributed by atoms with E-state index in [1.54, 1.807) is 35.5 Å². The molecule has 0 spiro atoms. The molecule has 0 radical (unpaired) electrons. The Labute approximate surface area is 220 Å². The second-order valence-corrected chi connectivity index (χ2v) is 10.4. The van der Waals surface area contributed by atoms with Crippen LogP contribution in [0.15, 0.2) is 60.0 Å². The number of fused-ring (bicyclic) bond motifs is 1. The highest BCUT2D eigenvalue weighted by molar-refractivity contribution is 7.10. The van der Waals surface area contributed by atoms with Crippen LogP contribution in [-0.4, -0.2) is 55.0 Å². The SMILES string of the molecule is COCCCN(CC(=O)N1CCc2sccc2C1c1ccc(Cl)cc1Cl)C(=O)Cc1ccccc1. The Hall–Kier alpha value is -2.38. The molecule has 184 valence electrons. The molecule has 0 saturated carbocycles. The number of methoxy groups -OCH3 is 1. The van der Waals surface area contributed by atoms with Crippen molar-refractivity contribution in [3.8, 4) is 0 Å². The van der Waals surface area contributed by atoms with Gasteiger partial charge >= 0.3 is 0 Å². The third-order valence-corrected chi connectivity index (χ3v) is 7.76. The Morgan fingerprint density at radius 2 is 1.91 bits per heavy atom. The van der Waals surface area contributed by atoms with Crippen molar-refractivity contribution in [3.05, 3.63) is 91.6 Å². The van der Waals surface area contributed by atoms with Gasteiger partial charge in [0.15, 0.2) is 0 Å². The Balaban J connectivity index is 1.58. The van der Waals surface area contributed by atoms with Gasteiger partial charge in [-0.3, -0.25) is 9.59 Å². The third-order valence-electron chi connectivity index (χ3n) is 6.20. The average Bonchev–Trinajstić information content (AvgIpc) is 3.33. The Morgan fingerprint density at radius 1 is 1.11 bits per heavy atom. The zero-order valence-corrected chi connectivity index (χ0v) is 21.9. The Bertz CT molecular complexity index is 1170. The van der Waals surface area contributed by atoms with Crippen molar-refractivity contribution in [2.75, 3.05) is 33.4 Å². The molecule has 0 bridgehead atoms. The van der Waals surface area contributed by atoms with Gasteiger partial charge in [0, 0.05) is 41.7 Å². The van der Waals surface area contributed by atoms with Crippen LogP contribution in [0.3, 0.4) is 0 Å². The van der Waals surface area contributed by atoms with Gasteiger partial charge in [-0.05, 0) is 53.1 Å². The molecule has 2 aromatic carbocycles. The van der Waals surface area contributed by atoms with E-state index in [1.807, 2.05) is 41.3 Å². The second-order valence-electron chi connectivity index (χ2n) is 8.53. The van der Waals surface area contributed by atoms with E-state index in [1.165, 1.54) is 4.88 Å². The van der Waals surface area contributed by atoms with Crippen molar-refractivity contribution in [1.29, 1.82) is 0 Å². The lowest BCUT2D eigenvalue weighted by Gasteiger charge is -2.38. The standard InChI is InChI=1S/C27H28Cl2N2O3S/c1-34-14-5-12-30(25(32)16-19-6-3-2-4-7-19)18-26(33)31-13-10-24-22(11-15-35-24)27(31)21-9-8-20(28)17-23(21)29/h2-4,6-9,11,15,17,27H,5,10,12-14,16,18H2,1H3. The minimum atomic E-state index is -0.313. The van der Waals surface area contributed by atoms with Crippen molar-refractivity contribution >= 4 is 46.4 Å². The van der Waals surface area contributed by atoms with E-state index in [0.29, 0.717) is 36.2 Å². The predicted molar refractivity (Wildman–Crippen MR) is 141 cm³/mol. The molecule has 35 heavy (non-hydrogen) atoms. The highest BCUT2D eigenvalue weighted by atomic mass is 35.5. The first-order valence-electron chi connectivity index (χ1n) is 11.6. The van der Waals surface area contributed by atoms with Crippen molar-refractivity contribution in [3.63, 3.8) is 0 Å². The van der Waals surface area contributed by atoms with Crippen LogP contribution < -0.4 is 0 Å². The highest BCUT2D eigenvalue weighted by Gasteiger charge is 2.35. The number of benzene rings is 2. The van der Waals surface area contributed by atoms with Crippen molar-refractivity contribution in [1.82, 2.24) is 9.80 Å². The number of thiophene rings is 1. The molecule has 0 aliphatic carbocycles. The highest BCUT2D eigenvalue weighted by Crippen LogP contribution is 2.41. The number of amides is 2. The van der Waals surface area contributed by atoms with E-state index in [9.17, 15) is 9.59 Å². The van der Waals surface area contributed by atoms with Gasteiger partial charge < -0.3 is 14.5 Å². The molecular weight excluding hydrogens is 503 g/mol. The second kappa shape index (κ2) is 12.0. The summed E-state index contributed by atoms with van der Waals surface area (Å²) in [4.78, 5) is 31.7. The normalized spacial score (nSPS) is 15.1. The number of rotatable bonds is 9. The van der Waals surface area contributed by atoms with Gasteiger partial charge in [-0.25, -0.2) is 0 Å². The van der Waals surface area contributed by atoms with E-state index >= 15 is 0 Å². The summed E-state index contributed by atoms with van der Waals surface area (Å²) in [7, 11) is 1.63. The van der Waals surface area contributed by atoms with Gasteiger partial charge in [-0.1, -0.05) is 59.6 Å². The van der Waals surface area contributed by atoms with Gasteiger partial charge in [0.2, 0.25) is 11.8 Å². The fourth-order valence-electron chi connectivity index (χ4n) is 4.47. The lowest BCUT2D eigenvalue weighted by Crippen LogP contribution is -2.47. The van der Waals surface area contributed by atoms with Crippen LogP contribution in [0.2, 0.25) is 10.0 Å². The molecule has 4 rings (SSSR count). The van der Waals surface area contributed by atoms with Crippen molar-refractivity contribution in [2.45, 2.75) is 25.3 Å². The van der Waals surface area contributed by atoms with E-state index in [4.69, 9.17) is 27.9 Å². The fourth-order valence-corrected chi connectivity index (χ4v) is 5.89. The van der Waals surface area contributed by atoms with Gasteiger partial charge in [0.05, 0.1) is 19.0 Å². The summed E-state index contributed by atoms with van der Waals surface area (Å²) < 4.78 is 5.18. The number of carbonyl (C=O) groups is 2. The zero-order valence-electron chi connectivity index (χ0n) is 19.6. The summed E-state index contributed by atoms with van der Waals surface area (Å²) in [5.74, 6) is -0.174. The van der Waals surface area contributed by atoms with Crippen LogP contribution >= 0.6 is 34.5 Å². The minimum absolute atomic E-state index is 0.0105. The van der Waals surface area contributed by atoms with E-state index in [0.717, 1.165) is 23.1 Å². The first-order valence-corrected chi connectivity index (χ1v) is 13.2. The smallest absolute Gasteiger partial charge is 0.242 e. The van der Waals surface area contributed by atoms with Crippen LogP contribution in [0.4, 0.5) is 0 Å². The molecule has 0 saturated heterocycles. The molecule has 1 atom stereocenters. The largest absolute Gasteiger partial charge is 0.385 e. The Morgan fingerprint density at radius 3 is 2.66 bits per heavy atom. The van der Waals surface area contributed by atoms with E-state index in [2.05, 4.69) is 11.4 Å². The zero-order chi connectivity index (χ0) is 24.8. The van der Waals surface area contributed by atoms with Crippen LogP contribution in [0, 0.1) is 0 Å². The van der Waals surface area contributed by atoms with Crippen LogP contribution in [0.1, 0.15) is 34.0 Å². The summed E-state index contributed by atoms with van der Waals surface area (Å²) in [6.07, 6.45) is 1.69. The molecule has 0 N–H and O–H groups in total. The summed E-state index contributed by atoms with van der Waals surface area (Å²) >= 11 is 14.4. The molecule has 1 aliphatic rings. The first kappa shape index (κ1) is 25.7. The quantitative estimate of drug-likeness (QED) is 0.336. The molecule has 1 aliphatic heterocycles. The maximum Gasteiger partial charge on any atom is 0.242 e. The molecule has 0 fully saturated rings. The summed E-state index contributed by atoms with van der Waals surface area (Å²) in [6.45, 7) is 1.55. The lowest BCUT2D eigenvalue weighted by molar-refractivity contribution is -0.141. The summed E-state index contributed by atoms with van der Waals surface area (Å²) in [5.41, 5.74) is 2.85. The van der Waals surface area contributed by atoms with Crippen LogP contribution in [-0.2, 0) is 27.2 Å². The number of carbonyl (C=O) groups excluding carboxylic acids is 2. The molecule has 5 nitrogen and oxygen atoms in total. The van der Waals surface area contributed by atoms with E-state index < -0.39 is 0 Å². The maximum atomic E-state index is 13.7. The van der Waals surface area contributed by atoms with Crippen molar-refractivity contribution < 1.29 is 14.3 Å². The molecule has 1 aromatic heterocycles. The van der Waals surface area contributed by atoms with Crippen LogP contribution in [0.25, 0.3) is 0 Å². The summed E-state index contributed by atoms with van der Waals surface area (Å²) in [5, 5.41) is 3.13. The van der Waals surface area contributed by atoms with Gasteiger partial charge in [-0.15, -0.1) is 11.3 Å². The molecular formula is C27H28Cl2N2O3S. The van der Waals surface area contributed by atoms with Crippen molar-refractivity contribution in [2.24, 2.45) is 0 Å². The Kier molecular flexibility index (Phi) is 8.84. The first-order chi connectivity index (χ1) is 17.0. The van der Waals surface area contributed by atoms with Crippen LogP contribution in [0.5, 0.6) is 0 Å². The molecule has 3 aromatic rings. The monoisotopic (exact) mass is 530 g/mol. The summed E-state index contributed by atoms with van der Waals surface area (Å²) in [6, 6.07) is 16.7. The number of hydrogen-bond acceptors (Lipinski definition) is 4. The number of hydrogen-bond donors (Lipinski definition) is 0. The van der Waals surface area contributed by atoms with Gasteiger partial charge in [0.1, 0.15) is 0 Å². The molecule has 1 unspecified atom stereocenters. The number of halogens is 2. The molecule has 8 heteroatoms.